The van der Waals surface area contributed by atoms with Crippen LogP contribution in [0.2, 0.25) is 5.02 Å². The molecule has 92 valence electrons. The number of hydrogen-bond donors (Lipinski definition) is 0. The molecule has 0 radical (unpaired) electrons. The second-order valence-corrected chi connectivity index (χ2v) is 5.57. The molecule has 0 saturated carbocycles. The van der Waals surface area contributed by atoms with Gasteiger partial charge in [0.2, 0.25) is 0 Å². The minimum Gasteiger partial charge on any atom is -0.346 e. The molecule has 1 aromatic rings. The van der Waals surface area contributed by atoms with E-state index in [1.54, 1.807) is 13.1 Å². The lowest BCUT2D eigenvalue weighted by Gasteiger charge is -2.35. The van der Waals surface area contributed by atoms with Crippen molar-refractivity contribution in [3.8, 4) is 0 Å². The van der Waals surface area contributed by atoms with Crippen molar-refractivity contribution in [3.05, 3.63) is 21.8 Å². The largest absolute Gasteiger partial charge is 0.346 e. The summed E-state index contributed by atoms with van der Waals surface area (Å²) in [6.07, 6.45) is 4.73. The maximum absolute atomic E-state index is 11.6. The first-order chi connectivity index (χ1) is 8.09. The summed E-state index contributed by atoms with van der Waals surface area (Å²) in [5.41, 5.74) is 0. The molecular formula is C12H14BrClN2O. The van der Waals surface area contributed by atoms with Gasteiger partial charge in [-0.05, 0) is 48.2 Å². The third-order valence-electron chi connectivity index (χ3n) is 3.03. The van der Waals surface area contributed by atoms with Gasteiger partial charge in [-0.3, -0.25) is 4.79 Å². The summed E-state index contributed by atoms with van der Waals surface area (Å²) in [5.74, 6) is 1.02. The van der Waals surface area contributed by atoms with E-state index in [0.29, 0.717) is 5.02 Å². The lowest BCUT2D eigenvalue weighted by molar-refractivity contribution is -0.118. The molecule has 0 aliphatic carbocycles. The Hall–Kier alpha value is -0.610. The van der Waals surface area contributed by atoms with Crippen LogP contribution in [0.15, 0.2) is 16.7 Å². The number of Topliss-reactive ketones (excluding diaryl/α,β-unsaturated/α-hetero) is 1. The van der Waals surface area contributed by atoms with Crippen molar-refractivity contribution in [1.82, 2.24) is 4.98 Å². The first kappa shape index (κ1) is 12.8. The van der Waals surface area contributed by atoms with Gasteiger partial charge in [-0.1, -0.05) is 11.6 Å². The van der Waals surface area contributed by atoms with Gasteiger partial charge in [0.15, 0.2) is 5.78 Å². The Kier molecular flexibility index (Phi) is 4.05. The zero-order valence-electron chi connectivity index (χ0n) is 9.62. The second-order valence-electron chi connectivity index (χ2n) is 4.27. The predicted molar refractivity (Wildman–Crippen MR) is 72.6 cm³/mol. The molecule has 0 aromatic carbocycles. The zero-order chi connectivity index (χ0) is 12.4. The van der Waals surface area contributed by atoms with E-state index in [1.807, 2.05) is 6.07 Å². The van der Waals surface area contributed by atoms with Crippen molar-refractivity contribution >= 4 is 39.1 Å². The minimum atomic E-state index is -0.0475. The number of hydrogen-bond acceptors (Lipinski definition) is 3. The number of pyridine rings is 1. The number of ketones is 1. The number of carbonyl (C=O) groups is 1. The highest BCUT2D eigenvalue weighted by molar-refractivity contribution is 9.10. The zero-order valence-corrected chi connectivity index (χ0v) is 12.0. The first-order valence-corrected chi connectivity index (χ1v) is 6.85. The summed E-state index contributed by atoms with van der Waals surface area (Å²) < 4.78 is 0.846. The summed E-state index contributed by atoms with van der Waals surface area (Å²) in [6, 6.07) is 1.77. The summed E-state index contributed by atoms with van der Waals surface area (Å²) in [6.45, 7) is 2.52. The van der Waals surface area contributed by atoms with Crippen molar-refractivity contribution in [1.29, 1.82) is 0 Å². The number of piperidine rings is 1. The lowest BCUT2D eigenvalue weighted by atomic mass is 9.99. The van der Waals surface area contributed by atoms with Gasteiger partial charge in [-0.15, -0.1) is 0 Å². The highest BCUT2D eigenvalue weighted by Gasteiger charge is 2.28. The van der Waals surface area contributed by atoms with Gasteiger partial charge in [-0.2, -0.15) is 0 Å². The van der Waals surface area contributed by atoms with Crippen LogP contribution >= 0.6 is 27.5 Å². The van der Waals surface area contributed by atoms with Crippen molar-refractivity contribution in [3.63, 3.8) is 0 Å². The maximum atomic E-state index is 11.6. The molecule has 5 heteroatoms. The average Bonchev–Trinajstić information content (AvgIpc) is 2.29. The number of aromatic nitrogens is 1. The van der Waals surface area contributed by atoms with E-state index < -0.39 is 0 Å². The Morgan fingerprint density at radius 2 is 2.35 bits per heavy atom. The van der Waals surface area contributed by atoms with Crippen LogP contribution in [0, 0.1) is 0 Å². The number of rotatable bonds is 2. The summed E-state index contributed by atoms with van der Waals surface area (Å²) >= 11 is 9.34. The maximum Gasteiger partial charge on any atom is 0.152 e. The molecule has 1 atom stereocenters. The van der Waals surface area contributed by atoms with E-state index in [9.17, 15) is 4.79 Å². The second kappa shape index (κ2) is 5.36. The predicted octanol–water partition coefficient (Wildman–Crippen LogP) is 3.45. The van der Waals surface area contributed by atoms with E-state index in [2.05, 4.69) is 25.8 Å². The normalized spacial score (nSPS) is 20.4. The van der Waals surface area contributed by atoms with Gasteiger partial charge in [-0.25, -0.2) is 4.98 Å². The van der Waals surface area contributed by atoms with Gasteiger partial charge >= 0.3 is 0 Å². The van der Waals surface area contributed by atoms with E-state index >= 15 is 0 Å². The van der Waals surface area contributed by atoms with Gasteiger partial charge < -0.3 is 4.90 Å². The standard InChI is InChI=1S/C12H14BrClN2O/c1-8(17)11-4-2-3-5-16(11)12-10(13)6-9(14)7-15-12/h6-7,11H,2-5H2,1H3. The quantitative estimate of drug-likeness (QED) is 0.837. The first-order valence-electron chi connectivity index (χ1n) is 5.67. The molecule has 1 aromatic heterocycles. The van der Waals surface area contributed by atoms with Crippen LogP contribution in [0.5, 0.6) is 0 Å². The fraction of sp³-hybridized carbons (Fsp3) is 0.500. The van der Waals surface area contributed by atoms with Crippen LogP contribution in [0.4, 0.5) is 5.82 Å². The third kappa shape index (κ3) is 2.80. The Labute approximate surface area is 114 Å². The van der Waals surface area contributed by atoms with Crippen molar-refractivity contribution in [2.75, 3.05) is 11.4 Å². The van der Waals surface area contributed by atoms with Gasteiger partial charge in [0.1, 0.15) is 5.82 Å². The molecule has 0 spiro atoms. The van der Waals surface area contributed by atoms with Gasteiger partial charge in [0.05, 0.1) is 15.5 Å². The topological polar surface area (TPSA) is 33.2 Å². The Morgan fingerprint density at radius 3 is 3.00 bits per heavy atom. The number of nitrogens with zero attached hydrogens (tertiary/aromatic N) is 2. The summed E-state index contributed by atoms with van der Waals surface area (Å²) in [7, 11) is 0. The van der Waals surface area contributed by atoms with Crippen LogP contribution in [0.25, 0.3) is 0 Å². The van der Waals surface area contributed by atoms with Crippen LogP contribution in [-0.2, 0) is 4.79 Å². The molecular weight excluding hydrogens is 304 g/mol. The molecule has 1 fully saturated rings. The molecule has 2 rings (SSSR count). The molecule has 17 heavy (non-hydrogen) atoms. The van der Waals surface area contributed by atoms with E-state index in [-0.39, 0.29) is 11.8 Å². The lowest BCUT2D eigenvalue weighted by Crippen LogP contribution is -2.44. The fourth-order valence-electron chi connectivity index (χ4n) is 2.23. The van der Waals surface area contributed by atoms with Crippen molar-refractivity contribution in [2.45, 2.75) is 32.2 Å². The van der Waals surface area contributed by atoms with Gasteiger partial charge in [0, 0.05) is 12.7 Å². The van der Waals surface area contributed by atoms with Gasteiger partial charge in [0.25, 0.3) is 0 Å². The van der Waals surface area contributed by atoms with Crippen molar-refractivity contribution in [2.24, 2.45) is 0 Å². The molecule has 0 N–H and O–H groups in total. The third-order valence-corrected chi connectivity index (χ3v) is 3.82. The molecule has 2 heterocycles. The Bertz CT molecular complexity index is 439. The minimum absolute atomic E-state index is 0.0475. The van der Waals surface area contributed by atoms with E-state index in [4.69, 9.17) is 11.6 Å². The molecule has 1 aliphatic heterocycles. The van der Waals surface area contributed by atoms with Crippen LogP contribution in [0.3, 0.4) is 0 Å². The molecule has 1 saturated heterocycles. The SMILES string of the molecule is CC(=O)C1CCCCN1c1ncc(Cl)cc1Br. The number of anilines is 1. The van der Waals surface area contributed by atoms with Crippen molar-refractivity contribution < 1.29 is 4.79 Å². The monoisotopic (exact) mass is 316 g/mol. The van der Waals surface area contributed by atoms with E-state index in [0.717, 1.165) is 36.1 Å². The smallest absolute Gasteiger partial charge is 0.152 e. The molecule has 1 unspecified atom stereocenters. The molecule has 3 nitrogen and oxygen atoms in total. The molecule has 0 amide bonds. The van der Waals surface area contributed by atoms with Crippen LogP contribution < -0.4 is 4.90 Å². The summed E-state index contributed by atoms with van der Waals surface area (Å²) in [5, 5.41) is 0.594. The van der Waals surface area contributed by atoms with Crippen LogP contribution in [-0.4, -0.2) is 23.4 Å². The number of halogens is 2. The molecule has 1 aliphatic rings. The number of carbonyl (C=O) groups excluding carboxylic acids is 1. The molecule has 0 bridgehead atoms. The highest BCUT2D eigenvalue weighted by Crippen LogP contribution is 2.31. The highest BCUT2D eigenvalue weighted by atomic mass is 79.9. The average molecular weight is 318 g/mol. The Balaban J connectivity index is 2.32. The van der Waals surface area contributed by atoms with E-state index in [1.165, 1.54) is 0 Å². The van der Waals surface area contributed by atoms with Crippen LogP contribution in [0.1, 0.15) is 26.2 Å². The fourth-order valence-corrected chi connectivity index (χ4v) is 3.09. The summed E-state index contributed by atoms with van der Waals surface area (Å²) in [4.78, 5) is 18.1. The Morgan fingerprint density at radius 1 is 1.59 bits per heavy atom.